The van der Waals surface area contributed by atoms with Crippen LogP contribution in [-0.4, -0.2) is 47.9 Å². The summed E-state index contributed by atoms with van der Waals surface area (Å²) in [6.45, 7) is 7.91. The molecular formula is C15H21ClN2O. The molecule has 1 aliphatic heterocycles. The minimum absolute atomic E-state index is 0.0504. The van der Waals surface area contributed by atoms with Crippen LogP contribution in [0.2, 0.25) is 5.02 Å². The van der Waals surface area contributed by atoms with Crippen LogP contribution in [0.1, 0.15) is 30.6 Å². The highest BCUT2D eigenvalue weighted by atomic mass is 35.5. The summed E-state index contributed by atoms with van der Waals surface area (Å²) in [5, 5.41) is 0.539. The number of carbonyl (C=O) groups excluding carboxylic acids is 1. The Morgan fingerprint density at radius 2 is 1.89 bits per heavy atom. The van der Waals surface area contributed by atoms with E-state index in [1.807, 2.05) is 17.0 Å². The number of amides is 1. The minimum atomic E-state index is 0.0504. The second kappa shape index (κ2) is 6.40. The first-order chi connectivity index (χ1) is 9.13. The highest BCUT2D eigenvalue weighted by molar-refractivity contribution is 6.33. The first-order valence-corrected chi connectivity index (χ1v) is 7.29. The molecule has 0 aromatic heterocycles. The smallest absolute Gasteiger partial charge is 0.255 e. The van der Waals surface area contributed by atoms with Gasteiger partial charge in [-0.15, -0.1) is 0 Å². The zero-order chi connectivity index (χ0) is 13.8. The number of piperazine rings is 1. The molecule has 1 unspecified atom stereocenters. The maximum absolute atomic E-state index is 12.4. The SMILES string of the molecule is CCC(C)N1CCN(C(=O)c2ccccc2Cl)CC1. The van der Waals surface area contributed by atoms with E-state index >= 15 is 0 Å². The van der Waals surface area contributed by atoms with Gasteiger partial charge in [0.1, 0.15) is 0 Å². The second-order valence-electron chi connectivity index (χ2n) is 5.07. The Kier molecular flexibility index (Phi) is 4.83. The van der Waals surface area contributed by atoms with Crippen LogP contribution in [0.25, 0.3) is 0 Å². The van der Waals surface area contributed by atoms with Crippen molar-refractivity contribution in [3.63, 3.8) is 0 Å². The number of nitrogens with zero attached hydrogens (tertiary/aromatic N) is 2. The lowest BCUT2D eigenvalue weighted by molar-refractivity contribution is 0.0580. The summed E-state index contributed by atoms with van der Waals surface area (Å²) < 4.78 is 0. The lowest BCUT2D eigenvalue weighted by atomic mass is 10.1. The standard InChI is InChI=1S/C15H21ClN2O/c1-3-12(2)17-8-10-18(11-9-17)15(19)13-6-4-5-7-14(13)16/h4-7,12H,3,8-11H2,1-2H3. The number of halogens is 1. The molecule has 19 heavy (non-hydrogen) atoms. The van der Waals surface area contributed by atoms with Crippen molar-refractivity contribution in [3.05, 3.63) is 34.9 Å². The molecule has 1 atom stereocenters. The van der Waals surface area contributed by atoms with Gasteiger partial charge in [-0.25, -0.2) is 0 Å². The number of hydrogen-bond acceptors (Lipinski definition) is 2. The van der Waals surface area contributed by atoms with Crippen LogP contribution in [0.15, 0.2) is 24.3 Å². The summed E-state index contributed by atoms with van der Waals surface area (Å²) in [6.07, 6.45) is 1.15. The Balaban J connectivity index is 1.98. The van der Waals surface area contributed by atoms with Crippen LogP contribution < -0.4 is 0 Å². The van der Waals surface area contributed by atoms with Crippen LogP contribution in [0, 0.1) is 0 Å². The van der Waals surface area contributed by atoms with Gasteiger partial charge in [0.05, 0.1) is 10.6 Å². The lowest BCUT2D eigenvalue weighted by Gasteiger charge is -2.37. The molecular weight excluding hydrogens is 260 g/mol. The fourth-order valence-corrected chi connectivity index (χ4v) is 2.65. The normalized spacial score (nSPS) is 18.4. The number of hydrogen-bond donors (Lipinski definition) is 0. The van der Waals surface area contributed by atoms with E-state index in [0.717, 1.165) is 32.6 Å². The quantitative estimate of drug-likeness (QED) is 0.850. The van der Waals surface area contributed by atoms with Gasteiger partial charge in [-0.1, -0.05) is 30.7 Å². The Hall–Kier alpha value is -1.06. The zero-order valence-corrected chi connectivity index (χ0v) is 12.4. The lowest BCUT2D eigenvalue weighted by Crippen LogP contribution is -2.51. The maximum Gasteiger partial charge on any atom is 0.255 e. The summed E-state index contributed by atoms with van der Waals surface area (Å²) in [4.78, 5) is 16.7. The first kappa shape index (κ1) is 14.4. The van der Waals surface area contributed by atoms with E-state index in [1.165, 1.54) is 0 Å². The molecule has 0 radical (unpaired) electrons. The third kappa shape index (κ3) is 3.28. The van der Waals surface area contributed by atoms with Crippen LogP contribution in [0.5, 0.6) is 0 Å². The average Bonchev–Trinajstić information content (AvgIpc) is 2.46. The topological polar surface area (TPSA) is 23.6 Å². The first-order valence-electron chi connectivity index (χ1n) is 6.91. The number of rotatable bonds is 3. The summed E-state index contributed by atoms with van der Waals surface area (Å²) in [7, 11) is 0. The molecule has 0 N–H and O–H groups in total. The van der Waals surface area contributed by atoms with Crippen molar-refractivity contribution >= 4 is 17.5 Å². The third-order valence-electron chi connectivity index (χ3n) is 3.92. The van der Waals surface area contributed by atoms with E-state index in [-0.39, 0.29) is 5.91 Å². The van der Waals surface area contributed by atoms with E-state index in [2.05, 4.69) is 18.7 Å². The molecule has 0 spiro atoms. The summed E-state index contributed by atoms with van der Waals surface area (Å²) in [5.74, 6) is 0.0504. The molecule has 1 aliphatic rings. The summed E-state index contributed by atoms with van der Waals surface area (Å²) in [6, 6.07) is 7.86. The monoisotopic (exact) mass is 280 g/mol. The molecule has 0 saturated carbocycles. The fraction of sp³-hybridized carbons (Fsp3) is 0.533. The molecule has 3 nitrogen and oxygen atoms in total. The van der Waals surface area contributed by atoms with E-state index in [1.54, 1.807) is 12.1 Å². The van der Waals surface area contributed by atoms with Crippen LogP contribution >= 0.6 is 11.6 Å². The van der Waals surface area contributed by atoms with E-state index in [4.69, 9.17) is 11.6 Å². The number of benzene rings is 1. The zero-order valence-electron chi connectivity index (χ0n) is 11.6. The summed E-state index contributed by atoms with van der Waals surface area (Å²) >= 11 is 6.08. The predicted octanol–water partition coefficient (Wildman–Crippen LogP) is 2.90. The summed E-state index contributed by atoms with van der Waals surface area (Å²) in [5.41, 5.74) is 0.612. The molecule has 1 heterocycles. The van der Waals surface area contributed by atoms with E-state index in [0.29, 0.717) is 16.6 Å². The fourth-order valence-electron chi connectivity index (χ4n) is 2.43. The molecule has 0 aliphatic carbocycles. The van der Waals surface area contributed by atoms with Crippen molar-refractivity contribution in [2.75, 3.05) is 26.2 Å². The molecule has 1 amide bonds. The van der Waals surface area contributed by atoms with E-state index < -0.39 is 0 Å². The third-order valence-corrected chi connectivity index (χ3v) is 4.25. The van der Waals surface area contributed by atoms with Gasteiger partial charge < -0.3 is 4.90 Å². The molecule has 1 aromatic rings. The molecule has 0 bridgehead atoms. The van der Waals surface area contributed by atoms with Gasteiger partial charge in [0.25, 0.3) is 5.91 Å². The van der Waals surface area contributed by atoms with Crippen molar-refractivity contribution < 1.29 is 4.79 Å². The van der Waals surface area contributed by atoms with Gasteiger partial charge in [-0.05, 0) is 25.5 Å². The van der Waals surface area contributed by atoms with Gasteiger partial charge in [0, 0.05) is 32.2 Å². The molecule has 1 aromatic carbocycles. The van der Waals surface area contributed by atoms with Gasteiger partial charge in [0.2, 0.25) is 0 Å². The van der Waals surface area contributed by atoms with Crippen LogP contribution in [0.4, 0.5) is 0 Å². The van der Waals surface area contributed by atoms with E-state index in [9.17, 15) is 4.79 Å². The highest BCUT2D eigenvalue weighted by Gasteiger charge is 2.24. The Bertz CT molecular complexity index is 442. The Morgan fingerprint density at radius 1 is 1.26 bits per heavy atom. The van der Waals surface area contributed by atoms with Gasteiger partial charge in [0.15, 0.2) is 0 Å². The molecule has 1 saturated heterocycles. The predicted molar refractivity (Wildman–Crippen MR) is 78.7 cm³/mol. The average molecular weight is 281 g/mol. The largest absolute Gasteiger partial charge is 0.336 e. The van der Waals surface area contributed by atoms with Gasteiger partial charge in [-0.2, -0.15) is 0 Å². The molecule has 4 heteroatoms. The Labute approximate surface area is 120 Å². The molecule has 2 rings (SSSR count). The number of carbonyl (C=O) groups is 1. The van der Waals surface area contributed by atoms with Crippen molar-refractivity contribution in [1.82, 2.24) is 9.80 Å². The van der Waals surface area contributed by atoms with Crippen LogP contribution in [0.3, 0.4) is 0 Å². The maximum atomic E-state index is 12.4. The molecule has 1 fully saturated rings. The van der Waals surface area contributed by atoms with Crippen molar-refractivity contribution in [2.45, 2.75) is 26.3 Å². The molecule has 104 valence electrons. The second-order valence-corrected chi connectivity index (χ2v) is 5.47. The van der Waals surface area contributed by atoms with Crippen molar-refractivity contribution in [3.8, 4) is 0 Å². The highest BCUT2D eigenvalue weighted by Crippen LogP contribution is 2.18. The van der Waals surface area contributed by atoms with Crippen molar-refractivity contribution in [1.29, 1.82) is 0 Å². The van der Waals surface area contributed by atoms with Gasteiger partial charge in [-0.3, -0.25) is 9.69 Å². The Morgan fingerprint density at radius 3 is 2.47 bits per heavy atom. The van der Waals surface area contributed by atoms with Crippen molar-refractivity contribution in [2.24, 2.45) is 0 Å². The minimum Gasteiger partial charge on any atom is -0.336 e. The van der Waals surface area contributed by atoms with Gasteiger partial charge >= 0.3 is 0 Å². The van der Waals surface area contributed by atoms with Crippen LogP contribution in [-0.2, 0) is 0 Å².